The van der Waals surface area contributed by atoms with Crippen LogP contribution >= 0.6 is 0 Å². The standard InChI is InChI=1S/C17H27N3O4S/c1-11(2)10-20-15-4-3-13(9-14(15)16(19-20)17(21)22)18-12-5-7-25(23,24)8-6-12/h11-13,18H,3-10H2,1-2H3,(H,21,22). The minimum Gasteiger partial charge on any atom is -0.476 e. The fourth-order valence-electron chi connectivity index (χ4n) is 3.89. The number of fused-ring (bicyclic) bond motifs is 1. The van der Waals surface area contributed by atoms with Crippen molar-refractivity contribution in [1.82, 2.24) is 15.1 Å². The van der Waals surface area contributed by atoms with E-state index in [-0.39, 0.29) is 29.3 Å². The molecule has 2 heterocycles. The second kappa shape index (κ2) is 7.07. The van der Waals surface area contributed by atoms with Crippen LogP contribution in [0.3, 0.4) is 0 Å². The third-order valence-corrected chi connectivity index (χ3v) is 6.83. The van der Waals surface area contributed by atoms with Gasteiger partial charge >= 0.3 is 5.97 Å². The molecule has 1 aromatic heterocycles. The van der Waals surface area contributed by atoms with Gasteiger partial charge < -0.3 is 10.4 Å². The fourth-order valence-corrected chi connectivity index (χ4v) is 5.38. The molecule has 0 aromatic carbocycles. The predicted octanol–water partition coefficient (Wildman–Crippen LogP) is 1.26. The van der Waals surface area contributed by atoms with Crippen LogP contribution in [0.25, 0.3) is 0 Å². The number of hydrogen-bond acceptors (Lipinski definition) is 5. The van der Waals surface area contributed by atoms with Crippen LogP contribution < -0.4 is 5.32 Å². The van der Waals surface area contributed by atoms with E-state index in [0.717, 1.165) is 30.6 Å². The minimum atomic E-state index is -2.86. The molecule has 3 rings (SSSR count). The summed E-state index contributed by atoms with van der Waals surface area (Å²) in [6.45, 7) is 4.92. The zero-order chi connectivity index (χ0) is 18.2. The van der Waals surface area contributed by atoms with Crippen LogP contribution in [-0.4, -0.2) is 52.9 Å². The lowest BCUT2D eigenvalue weighted by Crippen LogP contribution is -2.45. The second-order valence-electron chi connectivity index (χ2n) is 7.69. The summed E-state index contributed by atoms with van der Waals surface area (Å²) >= 11 is 0. The van der Waals surface area contributed by atoms with Gasteiger partial charge in [0.2, 0.25) is 0 Å². The number of carboxylic acid groups (broad SMARTS) is 1. The Bertz CT molecular complexity index is 740. The normalized spacial score (nSPS) is 23.6. The number of carbonyl (C=O) groups is 1. The van der Waals surface area contributed by atoms with Gasteiger partial charge in [-0.1, -0.05) is 13.8 Å². The first-order valence-corrected chi connectivity index (χ1v) is 10.9. The first-order valence-electron chi connectivity index (χ1n) is 9.03. The van der Waals surface area contributed by atoms with Crippen LogP contribution in [0.4, 0.5) is 0 Å². The number of aromatic nitrogens is 2. The molecule has 1 saturated heterocycles. The van der Waals surface area contributed by atoms with Gasteiger partial charge in [-0.3, -0.25) is 4.68 Å². The van der Waals surface area contributed by atoms with Gasteiger partial charge in [0.1, 0.15) is 9.84 Å². The first-order chi connectivity index (χ1) is 11.7. The van der Waals surface area contributed by atoms with E-state index in [9.17, 15) is 18.3 Å². The Morgan fingerprint density at radius 1 is 1.28 bits per heavy atom. The summed E-state index contributed by atoms with van der Waals surface area (Å²) in [5.41, 5.74) is 2.07. The average Bonchev–Trinajstić information content (AvgIpc) is 2.87. The Morgan fingerprint density at radius 2 is 1.96 bits per heavy atom. The molecule has 1 fully saturated rings. The molecule has 1 aromatic rings. The third-order valence-electron chi connectivity index (χ3n) is 5.11. The molecule has 140 valence electrons. The summed E-state index contributed by atoms with van der Waals surface area (Å²) in [5.74, 6) is -0.0705. The van der Waals surface area contributed by atoms with E-state index in [4.69, 9.17) is 0 Å². The summed E-state index contributed by atoms with van der Waals surface area (Å²) in [5, 5.41) is 17.4. The van der Waals surface area contributed by atoms with Crippen molar-refractivity contribution in [2.45, 2.75) is 64.6 Å². The topological polar surface area (TPSA) is 101 Å². The number of aromatic carboxylic acids is 1. The Labute approximate surface area is 148 Å². The van der Waals surface area contributed by atoms with Gasteiger partial charge in [0.25, 0.3) is 0 Å². The highest BCUT2D eigenvalue weighted by Crippen LogP contribution is 2.27. The molecule has 2 N–H and O–H groups in total. The maximum absolute atomic E-state index is 11.6. The highest BCUT2D eigenvalue weighted by molar-refractivity contribution is 7.91. The predicted molar refractivity (Wildman–Crippen MR) is 94.6 cm³/mol. The van der Waals surface area contributed by atoms with Crippen molar-refractivity contribution in [1.29, 1.82) is 0 Å². The molecule has 0 saturated carbocycles. The molecule has 1 aliphatic heterocycles. The minimum absolute atomic E-state index is 0.174. The highest BCUT2D eigenvalue weighted by Gasteiger charge is 2.31. The SMILES string of the molecule is CC(C)Cn1nc(C(=O)O)c2c1CCC(NC1CCS(=O)(=O)CC1)C2. The molecular weight excluding hydrogens is 342 g/mol. The molecule has 8 heteroatoms. The van der Waals surface area contributed by atoms with Crippen LogP contribution in [0.5, 0.6) is 0 Å². The number of hydrogen-bond donors (Lipinski definition) is 2. The monoisotopic (exact) mass is 369 g/mol. The second-order valence-corrected chi connectivity index (χ2v) is 9.99. The zero-order valence-corrected chi connectivity index (χ0v) is 15.7. The van der Waals surface area contributed by atoms with E-state index in [2.05, 4.69) is 24.3 Å². The van der Waals surface area contributed by atoms with E-state index < -0.39 is 15.8 Å². The number of nitrogens with one attached hydrogen (secondary N) is 1. The van der Waals surface area contributed by atoms with Crippen molar-refractivity contribution in [2.75, 3.05) is 11.5 Å². The lowest BCUT2D eigenvalue weighted by Gasteiger charge is -2.31. The summed E-state index contributed by atoms with van der Waals surface area (Å²) in [7, 11) is -2.86. The lowest BCUT2D eigenvalue weighted by atomic mass is 9.90. The lowest BCUT2D eigenvalue weighted by molar-refractivity contribution is 0.0688. The molecule has 25 heavy (non-hydrogen) atoms. The van der Waals surface area contributed by atoms with Gasteiger partial charge in [0.15, 0.2) is 5.69 Å². The Kier molecular flexibility index (Phi) is 5.20. The van der Waals surface area contributed by atoms with Crippen LogP contribution in [0.2, 0.25) is 0 Å². The van der Waals surface area contributed by atoms with Gasteiger partial charge in [-0.2, -0.15) is 5.10 Å². The van der Waals surface area contributed by atoms with Gasteiger partial charge in [0.05, 0.1) is 11.5 Å². The Hall–Kier alpha value is -1.41. The third kappa shape index (κ3) is 4.23. The summed E-state index contributed by atoms with van der Waals surface area (Å²) in [6, 6.07) is 0.391. The van der Waals surface area contributed by atoms with Crippen molar-refractivity contribution >= 4 is 15.8 Å². The molecule has 1 aliphatic carbocycles. The molecular formula is C17H27N3O4S. The summed E-state index contributed by atoms with van der Waals surface area (Å²) in [4.78, 5) is 11.6. The molecule has 1 unspecified atom stereocenters. The van der Waals surface area contributed by atoms with Crippen LogP contribution in [0.15, 0.2) is 0 Å². The number of nitrogens with zero attached hydrogens (tertiary/aromatic N) is 2. The summed E-state index contributed by atoms with van der Waals surface area (Å²) in [6.07, 6.45) is 3.68. The van der Waals surface area contributed by atoms with E-state index in [1.807, 2.05) is 4.68 Å². The van der Waals surface area contributed by atoms with Gasteiger partial charge in [-0.25, -0.2) is 13.2 Å². The quantitative estimate of drug-likeness (QED) is 0.810. The molecule has 0 amide bonds. The van der Waals surface area contributed by atoms with Crippen molar-refractivity contribution in [3.05, 3.63) is 17.0 Å². The molecule has 0 spiro atoms. The van der Waals surface area contributed by atoms with Gasteiger partial charge in [-0.15, -0.1) is 0 Å². The largest absolute Gasteiger partial charge is 0.476 e. The van der Waals surface area contributed by atoms with Crippen molar-refractivity contribution in [3.63, 3.8) is 0 Å². The molecule has 0 radical (unpaired) electrons. The molecule has 2 aliphatic rings. The van der Waals surface area contributed by atoms with Crippen LogP contribution in [0, 0.1) is 5.92 Å². The molecule has 1 atom stereocenters. The van der Waals surface area contributed by atoms with E-state index in [1.54, 1.807) is 0 Å². The summed E-state index contributed by atoms with van der Waals surface area (Å²) < 4.78 is 25.0. The number of sulfone groups is 1. The van der Waals surface area contributed by atoms with Crippen molar-refractivity contribution in [2.24, 2.45) is 5.92 Å². The maximum atomic E-state index is 11.6. The Balaban J connectivity index is 1.72. The molecule has 7 nitrogen and oxygen atoms in total. The molecule has 0 bridgehead atoms. The van der Waals surface area contributed by atoms with Gasteiger partial charge in [0, 0.05) is 29.9 Å². The van der Waals surface area contributed by atoms with Crippen molar-refractivity contribution < 1.29 is 18.3 Å². The number of rotatable bonds is 5. The van der Waals surface area contributed by atoms with E-state index in [0.29, 0.717) is 25.2 Å². The van der Waals surface area contributed by atoms with E-state index >= 15 is 0 Å². The zero-order valence-electron chi connectivity index (χ0n) is 14.9. The van der Waals surface area contributed by atoms with E-state index in [1.165, 1.54) is 0 Å². The smallest absolute Gasteiger partial charge is 0.356 e. The average molecular weight is 369 g/mol. The first kappa shape index (κ1) is 18.4. The Morgan fingerprint density at radius 3 is 2.56 bits per heavy atom. The highest BCUT2D eigenvalue weighted by atomic mass is 32.2. The van der Waals surface area contributed by atoms with Crippen LogP contribution in [-0.2, 0) is 29.2 Å². The van der Waals surface area contributed by atoms with Crippen molar-refractivity contribution in [3.8, 4) is 0 Å². The number of carboxylic acids is 1. The fraction of sp³-hybridized carbons (Fsp3) is 0.765. The maximum Gasteiger partial charge on any atom is 0.356 e. The van der Waals surface area contributed by atoms with Gasteiger partial charge in [-0.05, 0) is 38.0 Å². The van der Waals surface area contributed by atoms with Crippen LogP contribution in [0.1, 0.15) is 54.9 Å².